The summed E-state index contributed by atoms with van der Waals surface area (Å²) in [4.78, 5) is 0. The molecule has 0 saturated heterocycles. The van der Waals surface area contributed by atoms with Crippen LogP contribution in [0.1, 0.15) is 6.92 Å². The zero-order valence-corrected chi connectivity index (χ0v) is 10.8. The Bertz CT molecular complexity index is 450. The number of rotatable bonds is 1. The predicted octanol–water partition coefficient (Wildman–Crippen LogP) is 3.42. The lowest BCUT2D eigenvalue weighted by molar-refractivity contribution is 0.678. The minimum Gasteiger partial charge on any atom is -0.264 e. The fourth-order valence-electron chi connectivity index (χ4n) is 1.35. The van der Waals surface area contributed by atoms with Crippen molar-refractivity contribution in [3.63, 3.8) is 0 Å². The van der Waals surface area contributed by atoms with E-state index in [0.717, 1.165) is 14.7 Å². The third kappa shape index (κ3) is 1.61. The summed E-state index contributed by atoms with van der Waals surface area (Å²) < 4.78 is 4.19. The Hall–Kier alpha value is -0.100. The molecule has 0 radical (unpaired) electrons. The molecule has 0 aliphatic carbocycles. The lowest BCUT2D eigenvalue weighted by Gasteiger charge is -1.97. The summed E-state index contributed by atoms with van der Waals surface area (Å²) in [5.74, 6) is 0. The zero-order chi connectivity index (χ0) is 9.42. The van der Waals surface area contributed by atoms with E-state index in [4.69, 9.17) is 0 Å². The maximum atomic E-state index is 4.43. The van der Waals surface area contributed by atoms with Crippen molar-refractivity contribution in [3.8, 4) is 0 Å². The summed E-state index contributed by atoms with van der Waals surface area (Å²) in [6.07, 6.45) is 0. The monoisotopic (exact) mass is 350 g/mol. The number of fused-ring (bicyclic) bond motifs is 1. The van der Waals surface area contributed by atoms with E-state index in [9.17, 15) is 0 Å². The SMILES string of the molecule is CCn1nc(I)c2ccc(Br)cc21. The molecular weight excluding hydrogens is 343 g/mol. The molecule has 0 unspecified atom stereocenters. The van der Waals surface area contributed by atoms with Crippen LogP contribution in [-0.2, 0) is 6.54 Å². The fourth-order valence-corrected chi connectivity index (χ4v) is 2.41. The number of hydrogen-bond acceptors (Lipinski definition) is 1. The molecule has 0 spiro atoms. The van der Waals surface area contributed by atoms with Crippen molar-refractivity contribution in [2.75, 3.05) is 0 Å². The Kier molecular flexibility index (Phi) is 2.60. The molecule has 2 nitrogen and oxygen atoms in total. The Morgan fingerprint density at radius 1 is 1.54 bits per heavy atom. The average molecular weight is 351 g/mol. The van der Waals surface area contributed by atoms with Crippen molar-refractivity contribution >= 4 is 49.4 Å². The maximum absolute atomic E-state index is 4.43. The van der Waals surface area contributed by atoms with Gasteiger partial charge in [-0.05, 0) is 47.7 Å². The van der Waals surface area contributed by atoms with Crippen molar-refractivity contribution in [1.29, 1.82) is 0 Å². The molecule has 0 aliphatic heterocycles. The molecule has 0 N–H and O–H groups in total. The molecule has 68 valence electrons. The molecule has 4 heteroatoms. The minimum absolute atomic E-state index is 0.913. The van der Waals surface area contributed by atoms with Crippen LogP contribution in [0.5, 0.6) is 0 Å². The van der Waals surface area contributed by atoms with E-state index in [0.29, 0.717) is 0 Å². The van der Waals surface area contributed by atoms with Crippen molar-refractivity contribution in [1.82, 2.24) is 9.78 Å². The van der Waals surface area contributed by atoms with E-state index in [1.807, 2.05) is 10.7 Å². The number of benzene rings is 1. The van der Waals surface area contributed by atoms with Crippen LogP contribution in [0.2, 0.25) is 0 Å². The smallest absolute Gasteiger partial charge is 0.131 e. The second kappa shape index (κ2) is 3.57. The molecule has 0 fully saturated rings. The van der Waals surface area contributed by atoms with Gasteiger partial charge in [-0.15, -0.1) is 0 Å². The molecule has 0 amide bonds. The van der Waals surface area contributed by atoms with E-state index >= 15 is 0 Å². The molecule has 0 bridgehead atoms. The first-order valence-electron chi connectivity index (χ1n) is 4.04. The van der Waals surface area contributed by atoms with Gasteiger partial charge in [0.25, 0.3) is 0 Å². The van der Waals surface area contributed by atoms with Gasteiger partial charge in [-0.25, -0.2) is 0 Å². The highest BCUT2D eigenvalue weighted by Gasteiger charge is 2.06. The van der Waals surface area contributed by atoms with Crippen molar-refractivity contribution in [3.05, 3.63) is 26.4 Å². The standard InChI is InChI=1S/C9H8BrIN2/c1-2-13-8-5-6(10)3-4-7(8)9(11)12-13/h3-5H,2H2,1H3. The molecule has 2 aromatic rings. The van der Waals surface area contributed by atoms with Crippen LogP contribution in [0.25, 0.3) is 10.9 Å². The van der Waals surface area contributed by atoms with Crippen LogP contribution in [0.3, 0.4) is 0 Å². The quantitative estimate of drug-likeness (QED) is 0.720. The summed E-state index contributed by atoms with van der Waals surface area (Å²) in [5, 5.41) is 5.66. The van der Waals surface area contributed by atoms with Gasteiger partial charge in [-0.1, -0.05) is 15.9 Å². The molecule has 2 rings (SSSR count). The molecule has 1 heterocycles. The average Bonchev–Trinajstić information content (AvgIpc) is 2.42. The van der Waals surface area contributed by atoms with Crippen LogP contribution >= 0.6 is 38.5 Å². The molecule has 0 aliphatic rings. The number of aryl methyl sites for hydroxylation is 1. The van der Waals surface area contributed by atoms with E-state index in [1.54, 1.807) is 0 Å². The van der Waals surface area contributed by atoms with Crippen LogP contribution in [-0.4, -0.2) is 9.78 Å². The van der Waals surface area contributed by atoms with Crippen LogP contribution in [0, 0.1) is 3.70 Å². The summed E-state index contributed by atoms with van der Waals surface area (Å²) in [6, 6.07) is 6.25. The van der Waals surface area contributed by atoms with Crippen LogP contribution in [0.15, 0.2) is 22.7 Å². The second-order valence-electron chi connectivity index (χ2n) is 2.77. The molecule has 1 aromatic carbocycles. The van der Waals surface area contributed by atoms with Crippen LogP contribution < -0.4 is 0 Å². The van der Waals surface area contributed by atoms with Crippen molar-refractivity contribution in [2.24, 2.45) is 0 Å². The van der Waals surface area contributed by atoms with Gasteiger partial charge in [0.2, 0.25) is 0 Å². The van der Waals surface area contributed by atoms with Gasteiger partial charge >= 0.3 is 0 Å². The highest BCUT2D eigenvalue weighted by atomic mass is 127. The number of nitrogens with zero attached hydrogens (tertiary/aromatic N) is 2. The fraction of sp³-hybridized carbons (Fsp3) is 0.222. The predicted molar refractivity (Wildman–Crippen MR) is 65.8 cm³/mol. The summed E-state index contributed by atoms with van der Waals surface area (Å²) in [5.41, 5.74) is 1.20. The van der Waals surface area contributed by atoms with E-state index < -0.39 is 0 Å². The first kappa shape index (κ1) is 9.45. The van der Waals surface area contributed by atoms with Gasteiger partial charge in [0.15, 0.2) is 0 Å². The largest absolute Gasteiger partial charge is 0.264 e. The van der Waals surface area contributed by atoms with Gasteiger partial charge in [-0.3, -0.25) is 4.68 Å². The van der Waals surface area contributed by atoms with Gasteiger partial charge in [0.1, 0.15) is 3.70 Å². The summed E-state index contributed by atoms with van der Waals surface area (Å²) in [7, 11) is 0. The number of aromatic nitrogens is 2. The molecular formula is C9H8BrIN2. The Morgan fingerprint density at radius 3 is 3.00 bits per heavy atom. The van der Waals surface area contributed by atoms with Gasteiger partial charge in [-0.2, -0.15) is 5.10 Å². The topological polar surface area (TPSA) is 17.8 Å². The third-order valence-corrected chi connectivity index (χ3v) is 3.26. The third-order valence-electron chi connectivity index (χ3n) is 1.97. The Labute approximate surface area is 98.6 Å². The maximum Gasteiger partial charge on any atom is 0.131 e. The van der Waals surface area contributed by atoms with E-state index in [-0.39, 0.29) is 0 Å². The van der Waals surface area contributed by atoms with Crippen molar-refractivity contribution < 1.29 is 0 Å². The lowest BCUT2D eigenvalue weighted by atomic mass is 10.2. The Morgan fingerprint density at radius 2 is 2.31 bits per heavy atom. The molecule has 1 aromatic heterocycles. The number of halogens is 2. The second-order valence-corrected chi connectivity index (χ2v) is 4.71. The zero-order valence-electron chi connectivity index (χ0n) is 7.09. The van der Waals surface area contributed by atoms with E-state index in [2.05, 4.69) is 62.7 Å². The highest BCUT2D eigenvalue weighted by Crippen LogP contribution is 2.23. The molecule has 0 saturated carbocycles. The van der Waals surface area contributed by atoms with Gasteiger partial charge < -0.3 is 0 Å². The summed E-state index contributed by atoms with van der Waals surface area (Å²) in [6.45, 7) is 3.01. The first-order valence-corrected chi connectivity index (χ1v) is 5.91. The Balaban J connectivity index is 2.81. The lowest BCUT2D eigenvalue weighted by Crippen LogP contribution is -1.95. The van der Waals surface area contributed by atoms with Gasteiger partial charge in [0.05, 0.1) is 5.52 Å². The number of hydrogen-bond donors (Lipinski definition) is 0. The normalized spacial score (nSPS) is 11.0. The molecule has 0 atom stereocenters. The first-order chi connectivity index (χ1) is 6.22. The van der Waals surface area contributed by atoms with Gasteiger partial charge in [0, 0.05) is 16.4 Å². The highest BCUT2D eigenvalue weighted by molar-refractivity contribution is 14.1. The van der Waals surface area contributed by atoms with Crippen LogP contribution in [0.4, 0.5) is 0 Å². The van der Waals surface area contributed by atoms with Crippen molar-refractivity contribution in [2.45, 2.75) is 13.5 Å². The van der Waals surface area contributed by atoms with E-state index in [1.165, 1.54) is 10.9 Å². The minimum atomic E-state index is 0.913. The summed E-state index contributed by atoms with van der Waals surface area (Å²) >= 11 is 5.73. The molecule has 13 heavy (non-hydrogen) atoms.